The molecule has 0 bridgehead atoms. The standard InChI is InChI=1S/C34H35NO8S/c1-2-10-26-23-29(42-28-12-4-3-5-13-28)17-20-32(26)41-22-9-8-21-40-27-15-18-30(19-16-27)44(38,39)35-31-14-7-6-11-25(31)24-33(35)43-34(36)37/h3-7,11-20,23,33H,2,8-10,21-22,24H2,1H3,(H,36,37)/t33-/m1/s1. The van der Waals surface area contributed by atoms with Crippen LogP contribution in [0.3, 0.4) is 0 Å². The minimum absolute atomic E-state index is 0.0111. The van der Waals surface area contributed by atoms with Crippen LogP contribution in [0.5, 0.6) is 23.0 Å². The van der Waals surface area contributed by atoms with Gasteiger partial charge in [0.2, 0.25) is 0 Å². The van der Waals surface area contributed by atoms with E-state index in [-0.39, 0.29) is 11.3 Å². The average Bonchev–Trinajstić information content (AvgIpc) is 3.38. The van der Waals surface area contributed by atoms with Crippen molar-refractivity contribution in [2.75, 3.05) is 17.5 Å². The molecule has 0 spiro atoms. The van der Waals surface area contributed by atoms with Crippen molar-refractivity contribution in [1.82, 2.24) is 0 Å². The van der Waals surface area contributed by atoms with Crippen molar-refractivity contribution < 1.29 is 37.3 Å². The summed E-state index contributed by atoms with van der Waals surface area (Å²) < 4.78 is 50.8. The van der Waals surface area contributed by atoms with Crippen molar-refractivity contribution in [3.63, 3.8) is 0 Å². The molecule has 230 valence electrons. The second kappa shape index (κ2) is 14.2. The van der Waals surface area contributed by atoms with E-state index in [0.29, 0.717) is 30.2 Å². The van der Waals surface area contributed by atoms with Crippen LogP contribution in [0.15, 0.2) is 102 Å². The molecule has 0 saturated heterocycles. The molecule has 1 aliphatic rings. The number of para-hydroxylation sites is 2. The molecule has 0 radical (unpaired) electrons. The number of fused-ring (bicyclic) bond motifs is 1. The summed E-state index contributed by atoms with van der Waals surface area (Å²) in [7, 11) is -4.08. The van der Waals surface area contributed by atoms with Gasteiger partial charge in [0.05, 0.1) is 23.8 Å². The number of carboxylic acid groups (broad SMARTS) is 1. The Kier molecular flexibility index (Phi) is 9.91. The summed E-state index contributed by atoms with van der Waals surface area (Å²) in [5, 5.41) is 9.15. The molecule has 5 rings (SSSR count). The van der Waals surface area contributed by atoms with Crippen LogP contribution < -0.4 is 18.5 Å². The van der Waals surface area contributed by atoms with Gasteiger partial charge in [-0.2, -0.15) is 0 Å². The molecule has 10 heteroatoms. The number of sulfonamides is 1. The second-order valence-electron chi connectivity index (χ2n) is 10.3. The van der Waals surface area contributed by atoms with Crippen molar-refractivity contribution >= 4 is 21.9 Å². The van der Waals surface area contributed by atoms with Crippen LogP contribution >= 0.6 is 0 Å². The number of hydrogen-bond acceptors (Lipinski definition) is 7. The van der Waals surface area contributed by atoms with Gasteiger partial charge in [-0.05, 0) is 91.1 Å². The number of aryl methyl sites for hydroxylation is 1. The SMILES string of the molecule is CCCc1cc(Oc2ccccc2)ccc1OCCCCOc1ccc(S(=O)(=O)N2c3ccccc3C[C@H]2OC(=O)O)cc1. The van der Waals surface area contributed by atoms with E-state index >= 15 is 0 Å². The van der Waals surface area contributed by atoms with Gasteiger partial charge >= 0.3 is 6.16 Å². The van der Waals surface area contributed by atoms with E-state index in [1.807, 2.05) is 48.5 Å². The van der Waals surface area contributed by atoms with Gasteiger partial charge in [0.1, 0.15) is 23.0 Å². The zero-order chi connectivity index (χ0) is 30.9. The number of anilines is 1. The summed E-state index contributed by atoms with van der Waals surface area (Å²) in [4.78, 5) is 11.2. The third-order valence-corrected chi connectivity index (χ3v) is 8.92. The lowest BCUT2D eigenvalue weighted by Gasteiger charge is -2.25. The van der Waals surface area contributed by atoms with Gasteiger partial charge < -0.3 is 24.1 Å². The van der Waals surface area contributed by atoms with Crippen LogP contribution in [0, 0.1) is 0 Å². The molecule has 1 heterocycles. The normalized spacial score (nSPS) is 14.1. The fraction of sp³-hybridized carbons (Fsp3) is 0.265. The predicted molar refractivity (Wildman–Crippen MR) is 166 cm³/mol. The molecule has 0 aromatic heterocycles. The van der Waals surface area contributed by atoms with Gasteiger partial charge in [-0.3, -0.25) is 0 Å². The smallest absolute Gasteiger partial charge is 0.494 e. The summed E-state index contributed by atoms with van der Waals surface area (Å²) in [6, 6.07) is 28.5. The van der Waals surface area contributed by atoms with Gasteiger partial charge in [-0.25, -0.2) is 17.5 Å². The molecule has 1 atom stereocenters. The lowest BCUT2D eigenvalue weighted by molar-refractivity contribution is 0.0596. The average molecular weight is 618 g/mol. The summed E-state index contributed by atoms with van der Waals surface area (Å²) >= 11 is 0. The minimum Gasteiger partial charge on any atom is -0.494 e. The Morgan fingerprint density at radius 2 is 1.52 bits per heavy atom. The van der Waals surface area contributed by atoms with Crippen molar-refractivity contribution in [2.24, 2.45) is 0 Å². The highest BCUT2D eigenvalue weighted by Crippen LogP contribution is 2.37. The minimum atomic E-state index is -4.08. The molecule has 4 aromatic rings. The van der Waals surface area contributed by atoms with Gasteiger partial charge in [-0.15, -0.1) is 0 Å². The third-order valence-electron chi connectivity index (χ3n) is 7.10. The first kappa shape index (κ1) is 30.7. The maximum atomic E-state index is 13.5. The summed E-state index contributed by atoms with van der Waals surface area (Å²) in [6.07, 6.45) is 0.822. The molecule has 9 nitrogen and oxygen atoms in total. The van der Waals surface area contributed by atoms with E-state index in [9.17, 15) is 13.2 Å². The van der Waals surface area contributed by atoms with Crippen LogP contribution in [-0.2, 0) is 27.6 Å². The van der Waals surface area contributed by atoms with E-state index in [4.69, 9.17) is 24.1 Å². The first-order chi connectivity index (χ1) is 21.3. The molecule has 0 fully saturated rings. The molecule has 0 unspecified atom stereocenters. The molecule has 0 amide bonds. The number of hydrogen-bond donors (Lipinski definition) is 1. The number of nitrogens with zero attached hydrogens (tertiary/aromatic N) is 1. The molecular formula is C34H35NO8S. The highest BCUT2D eigenvalue weighted by atomic mass is 32.2. The number of benzene rings is 4. The Morgan fingerprint density at radius 3 is 2.25 bits per heavy atom. The second-order valence-corrected chi connectivity index (χ2v) is 12.1. The van der Waals surface area contributed by atoms with Crippen LogP contribution in [0.2, 0.25) is 0 Å². The topological polar surface area (TPSA) is 112 Å². The van der Waals surface area contributed by atoms with Crippen LogP contribution in [0.25, 0.3) is 0 Å². The third kappa shape index (κ3) is 7.44. The van der Waals surface area contributed by atoms with E-state index in [0.717, 1.165) is 52.8 Å². The van der Waals surface area contributed by atoms with Crippen molar-refractivity contribution in [2.45, 2.75) is 50.2 Å². The van der Waals surface area contributed by atoms with Crippen LogP contribution in [0.4, 0.5) is 10.5 Å². The van der Waals surface area contributed by atoms with E-state index < -0.39 is 22.4 Å². The Bertz CT molecular complexity index is 1660. The summed E-state index contributed by atoms with van der Waals surface area (Å²) in [5.74, 6) is 2.94. The lowest BCUT2D eigenvalue weighted by Crippen LogP contribution is -2.40. The monoisotopic (exact) mass is 617 g/mol. The maximum Gasteiger partial charge on any atom is 0.507 e. The quantitative estimate of drug-likeness (QED) is 0.115. The first-order valence-corrected chi connectivity index (χ1v) is 16.0. The highest BCUT2D eigenvalue weighted by molar-refractivity contribution is 7.92. The lowest BCUT2D eigenvalue weighted by atomic mass is 10.1. The van der Waals surface area contributed by atoms with Gasteiger partial charge in [0.15, 0.2) is 6.23 Å². The number of rotatable bonds is 14. The predicted octanol–water partition coefficient (Wildman–Crippen LogP) is 7.44. The molecule has 0 aliphatic carbocycles. The molecule has 4 aromatic carbocycles. The Balaban J connectivity index is 1.11. The van der Waals surface area contributed by atoms with Crippen molar-refractivity contribution in [3.8, 4) is 23.0 Å². The van der Waals surface area contributed by atoms with E-state index in [1.165, 1.54) is 12.1 Å². The molecular weight excluding hydrogens is 582 g/mol. The number of ether oxygens (including phenoxy) is 4. The maximum absolute atomic E-state index is 13.5. The van der Waals surface area contributed by atoms with E-state index in [2.05, 4.69) is 6.92 Å². The number of carbonyl (C=O) groups is 1. The highest BCUT2D eigenvalue weighted by Gasteiger charge is 2.40. The zero-order valence-electron chi connectivity index (χ0n) is 24.4. The fourth-order valence-electron chi connectivity index (χ4n) is 5.06. The summed E-state index contributed by atoms with van der Waals surface area (Å²) in [5.41, 5.74) is 2.20. The Labute approximate surface area is 257 Å². The van der Waals surface area contributed by atoms with Crippen molar-refractivity contribution in [1.29, 1.82) is 0 Å². The number of unbranched alkanes of at least 4 members (excludes halogenated alkanes) is 1. The summed E-state index contributed by atoms with van der Waals surface area (Å²) in [6.45, 7) is 3.10. The van der Waals surface area contributed by atoms with Gasteiger partial charge in [-0.1, -0.05) is 49.7 Å². The van der Waals surface area contributed by atoms with E-state index in [1.54, 1.807) is 36.4 Å². The van der Waals surface area contributed by atoms with Gasteiger partial charge in [0.25, 0.3) is 10.0 Å². The Hall–Kier alpha value is -4.70. The zero-order valence-corrected chi connectivity index (χ0v) is 25.2. The molecule has 44 heavy (non-hydrogen) atoms. The molecule has 1 N–H and O–H groups in total. The van der Waals surface area contributed by atoms with Crippen LogP contribution in [-0.4, -0.2) is 39.1 Å². The van der Waals surface area contributed by atoms with Gasteiger partial charge in [0, 0.05) is 6.42 Å². The van der Waals surface area contributed by atoms with Crippen LogP contribution in [0.1, 0.15) is 37.3 Å². The fourth-order valence-corrected chi connectivity index (χ4v) is 6.63. The Morgan fingerprint density at radius 1 is 0.841 bits per heavy atom. The van der Waals surface area contributed by atoms with Crippen molar-refractivity contribution in [3.05, 3.63) is 108 Å². The molecule has 1 aliphatic heterocycles. The first-order valence-electron chi connectivity index (χ1n) is 14.6. The largest absolute Gasteiger partial charge is 0.507 e. The molecule has 0 saturated carbocycles.